The molecule has 68 valence electrons. The molecule has 0 bridgehead atoms. The van der Waals surface area contributed by atoms with Crippen molar-refractivity contribution < 1.29 is 68.7 Å². The first kappa shape index (κ1) is 12.3. The van der Waals surface area contributed by atoms with Crippen molar-refractivity contribution >= 4 is 23.5 Å². The second-order valence-corrected chi connectivity index (χ2v) is 2.65. The molecule has 0 radical (unpaired) electrons. The third-order valence-corrected chi connectivity index (χ3v) is 1.73. The molecule has 1 aromatic heterocycles. The van der Waals surface area contributed by atoms with Crippen LogP contribution in [0.4, 0.5) is 12.9 Å². The van der Waals surface area contributed by atoms with E-state index in [0.717, 1.165) is 18.5 Å². The molecule has 0 aliphatic carbocycles. The molecule has 0 unspecified atom stereocenters. The third-order valence-electron chi connectivity index (χ3n) is 1.73. The second-order valence-electron chi connectivity index (χ2n) is 2.65. The van der Waals surface area contributed by atoms with Crippen LogP contribution in [-0.4, -0.2) is 12.0 Å². The van der Waals surface area contributed by atoms with Crippen molar-refractivity contribution in [3.05, 3.63) is 24.6 Å². The molecule has 1 heterocycles. The van der Waals surface area contributed by atoms with Gasteiger partial charge in [-0.25, -0.2) is 4.98 Å². The fourth-order valence-corrected chi connectivity index (χ4v) is 1.08. The smallest absolute Gasteiger partial charge is 0.445 e. The zero-order chi connectivity index (χ0) is 9.47. The Balaban J connectivity index is 0.000000980. The standard InChI is InChI=1S/C7H4BF3NO.K/c9-8(10,11)5-1-2-6-7(3-5)13-4-12-6;/h1-4H;/q-1;+1. The molecule has 0 N–H and O–H groups in total. The predicted octanol–water partition coefficient (Wildman–Crippen LogP) is -1.11. The number of rotatable bonds is 1. The number of halogens is 3. The summed E-state index contributed by atoms with van der Waals surface area (Å²) in [6, 6.07) is 3.26. The summed E-state index contributed by atoms with van der Waals surface area (Å²) < 4.78 is 41.4. The molecule has 0 aliphatic heterocycles. The van der Waals surface area contributed by atoms with Crippen LogP contribution in [0.3, 0.4) is 0 Å². The first-order valence-corrected chi connectivity index (χ1v) is 3.60. The van der Waals surface area contributed by atoms with Crippen molar-refractivity contribution in [2.75, 3.05) is 0 Å². The summed E-state index contributed by atoms with van der Waals surface area (Å²) in [5, 5.41) is 0. The molecular weight excluding hydrogens is 221 g/mol. The van der Waals surface area contributed by atoms with Crippen molar-refractivity contribution in [3.8, 4) is 0 Å². The maximum absolute atomic E-state index is 12.2. The predicted molar refractivity (Wildman–Crippen MR) is 42.7 cm³/mol. The maximum Gasteiger partial charge on any atom is 1.00 e. The van der Waals surface area contributed by atoms with Crippen LogP contribution in [-0.2, 0) is 0 Å². The van der Waals surface area contributed by atoms with Crippen LogP contribution in [0.5, 0.6) is 0 Å². The van der Waals surface area contributed by atoms with E-state index >= 15 is 0 Å². The van der Waals surface area contributed by atoms with Crippen LogP contribution in [0.25, 0.3) is 11.1 Å². The Labute approximate surface area is 120 Å². The van der Waals surface area contributed by atoms with Crippen molar-refractivity contribution in [2.45, 2.75) is 0 Å². The Morgan fingerprint density at radius 3 is 2.57 bits per heavy atom. The third kappa shape index (κ3) is 2.40. The summed E-state index contributed by atoms with van der Waals surface area (Å²) in [4.78, 5) is 3.71. The van der Waals surface area contributed by atoms with Gasteiger partial charge in [0.15, 0.2) is 12.0 Å². The first-order chi connectivity index (χ1) is 6.07. The van der Waals surface area contributed by atoms with E-state index in [9.17, 15) is 12.9 Å². The van der Waals surface area contributed by atoms with Gasteiger partial charge in [-0.15, -0.1) is 5.46 Å². The minimum atomic E-state index is -4.95. The fraction of sp³-hybridized carbons (Fsp3) is 0. The van der Waals surface area contributed by atoms with E-state index in [1.807, 2.05) is 0 Å². The number of benzene rings is 1. The summed E-state index contributed by atoms with van der Waals surface area (Å²) in [7, 11) is 0. The number of hydrogen-bond acceptors (Lipinski definition) is 2. The van der Waals surface area contributed by atoms with E-state index in [2.05, 4.69) is 4.98 Å². The Morgan fingerprint density at radius 1 is 1.21 bits per heavy atom. The van der Waals surface area contributed by atoms with Crippen LogP contribution >= 0.6 is 0 Å². The van der Waals surface area contributed by atoms with Gasteiger partial charge in [0.2, 0.25) is 0 Å². The SMILES string of the molecule is F[B-](F)(F)c1ccc2ncoc2c1.[K+]. The van der Waals surface area contributed by atoms with Crippen LogP contribution in [0.2, 0.25) is 0 Å². The molecular formula is C7H4BF3KNO. The van der Waals surface area contributed by atoms with Crippen LogP contribution < -0.4 is 56.8 Å². The van der Waals surface area contributed by atoms with E-state index in [1.54, 1.807) is 0 Å². The normalized spacial score (nSPS) is 11.4. The monoisotopic (exact) mass is 225 g/mol. The van der Waals surface area contributed by atoms with Gasteiger partial charge in [-0.2, -0.15) is 0 Å². The average Bonchev–Trinajstić information content (AvgIpc) is 2.47. The van der Waals surface area contributed by atoms with E-state index in [0.29, 0.717) is 5.52 Å². The van der Waals surface area contributed by atoms with Gasteiger partial charge in [0.05, 0.1) is 0 Å². The van der Waals surface area contributed by atoms with Crippen LogP contribution in [0.1, 0.15) is 0 Å². The second kappa shape index (κ2) is 4.36. The zero-order valence-corrected chi connectivity index (χ0v) is 10.5. The number of nitrogens with zero attached hydrogens (tertiary/aromatic N) is 1. The molecule has 0 saturated carbocycles. The van der Waals surface area contributed by atoms with Crippen LogP contribution in [0, 0.1) is 0 Å². The van der Waals surface area contributed by atoms with Gasteiger partial charge < -0.3 is 17.4 Å². The molecule has 2 nitrogen and oxygen atoms in total. The number of aromatic nitrogens is 1. The van der Waals surface area contributed by atoms with Gasteiger partial charge in [-0.1, -0.05) is 6.07 Å². The first-order valence-electron chi connectivity index (χ1n) is 3.60. The van der Waals surface area contributed by atoms with Crippen molar-refractivity contribution in [2.24, 2.45) is 0 Å². The quantitative estimate of drug-likeness (QED) is 0.575. The minimum Gasteiger partial charge on any atom is -0.445 e. The van der Waals surface area contributed by atoms with E-state index in [1.165, 1.54) is 6.07 Å². The Kier molecular flexibility index (Phi) is 3.82. The maximum atomic E-state index is 12.2. The molecule has 0 fully saturated rings. The molecule has 2 rings (SSSR count). The molecule has 1 aromatic carbocycles. The van der Waals surface area contributed by atoms with Crippen LogP contribution in [0.15, 0.2) is 29.0 Å². The van der Waals surface area contributed by atoms with E-state index in [4.69, 9.17) is 4.42 Å². The topological polar surface area (TPSA) is 26.0 Å². The van der Waals surface area contributed by atoms with Crippen molar-refractivity contribution in [3.63, 3.8) is 0 Å². The molecule has 0 spiro atoms. The van der Waals surface area contributed by atoms with Gasteiger partial charge in [0.25, 0.3) is 0 Å². The fourth-order valence-electron chi connectivity index (χ4n) is 1.08. The van der Waals surface area contributed by atoms with Gasteiger partial charge in [0, 0.05) is 0 Å². The van der Waals surface area contributed by atoms with E-state index < -0.39 is 12.4 Å². The molecule has 0 saturated heterocycles. The van der Waals surface area contributed by atoms with Crippen molar-refractivity contribution in [1.82, 2.24) is 4.98 Å². The number of hydrogen-bond donors (Lipinski definition) is 0. The average molecular weight is 225 g/mol. The minimum absolute atomic E-state index is 0. The van der Waals surface area contributed by atoms with Gasteiger partial charge >= 0.3 is 58.4 Å². The molecule has 0 amide bonds. The van der Waals surface area contributed by atoms with Gasteiger partial charge in [0.1, 0.15) is 5.52 Å². The summed E-state index contributed by atoms with van der Waals surface area (Å²) >= 11 is 0. The summed E-state index contributed by atoms with van der Waals surface area (Å²) in [6.45, 7) is -4.95. The molecule has 0 aliphatic rings. The largest absolute Gasteiger partial charge is 1.00 e. The zero-order valence-electron chi connectivity index (χ0n) is 7.38. The molecule has 2 aromatic rings. The molecule has 0 atom stereocenters. The molecule has 7 heteroatoms. The number of fused-ring (bicyclic) bond motifs is 1. The van der Waals surface area contributed by atoms with Crippen molar-refractivity contribution in [1.29, 1.82) is 0 Å². The molecule has 14 heavy (non-hydrogen) atoms. The Morgan fingerprint density at radius 2 is 1.93 bits per heavy atom. The van der Waals surface area contributed by atoms with E-state index in [-0.39, 0.29) is 57.0 Å². The summed E-state index contributed by atoms with van der Waals surface area (Å²) in [5.41, 5.74) is -0.0650. The van der Waals surface area contributed by atoms with Gasteiger partial charge in [-0.3, -0.25) is 0 Å². The summed E-state index contributed by atoms with van der Waals surface area (Å²) in [5.74, 6) is 0. The Bertz CT molecular complexity index is 442. The van der Waals surface area contributed by atoms with Gasteiger partial charge in [-0.05, 0) is 12.1 Å². The summed E-state index contributed by atoms with van der Waals surface area (Å²) in [6.07, 6.45) is 1.12. The Hall–Kier alpha value is 0.181. The number of oxazole rings is 1.